The maximum atomic E-state index is 12.3. The number of imide groups is 1. The zero-order chi connectivity index (χ0) is 25.8. The number of nitrogens with one attached hydrogen (secondary N) is 1. The van der Waals surface area contributed by atoms with Crippen LogP contribution in [0, 0.1) is 5.41 Å². The number of unbranched alkanes of at least 4 members (excludes halogenated alkanes) is 1. The van der Waals surface area contributed by atoms with Crippen molar-refractivity contribution in [1.29, 1.82) is 0 Å². The van der Waals surface area contributed by atoms with Crippen LogP contribution in [-0.4, -0.2) is 18.4 Å². The fourth-order valence-electron chi connectivity index (χ4n) is 4.14. The van der Waals surface area contributed by atoms with Crippen molar-refractivity contribution in [1.82, 2.24) is 5.32 Å². The van der Waals surface area contributed by atoms with Crippen LogP contribution >= 0.6 is 0 Å². The number of carbonyl (C=O) groups excluding carboxylic acids is 2. The van der Waals surface area contributed by atoms with Crippen molar-refractivity contribution < 1.29 is 14.3 Å². The number of hydrogen-bond acceptors (Lipinski definition) is 3. The number of ether oxygens (including phenoxy) is 1. The molecule has 0 bridgehead atoms. The Balaban J connectivity index is 1.90. The van der Waals surface area contributed by atoms with Crippen molar-refractivity contribution in [2.45, 2.75) is 73.6 Å². The van der Waals surface area contributed by atoms with Gasteiger partial charge in [-0.1, -0.05) is 68.7 Å². The quantitative estimate of drug-likeness (QED) is 0.215. The summed E-state index contributed by atoms with van der Waals surface area (Å²) in [5.74, 6) is -0.156. The molecule has 0 spiro atoms. The average Bonchev–Trinajstić information content (AvgIpc) is 2.78. The monoisotopic (exact) mass is 475 g/mol. The predicted molar refractivity (Wildman–Crippen MR) is 145 cm³/mol. The number of allylic oxidation sites excluding steroid dienone is 9. The van der Waals surface area contributed by atoms with Gasteiger partial charge in [-0.05, 0) is 87.3 Å². The Morgan fingerprint density at radius 2 is 1.80 bits per heavy atom. The van der Waals surface area contributed by atoms with E-state index in [0.717, 1.165) is 29.7 Å². The molecule has 0 saturated heterocycles. The van der Waals surface area contributed by atoms with Crippen molar-refractivity contribution in [2.75, 3.05) is 6.61 Å². The second-order valence-corrected chi connectivity index (χ2v) is 9.97. The van der Waals surface area contributed by atoms with Crippen LogP contribution in [-0.2, 0) is 4.79 Å². The second kappa shape index (κ2) is 13.7. The normalized spacial score (nSPS) is 16.7. The third kappa shape index (κ3) is 9.56. The Morgan fingerprint density at radius 3 is 2.46 bits per heavy atom. The van der Waals surface area contributed by atoms with E-state index < -0.39 is 11.8 Å². The topological polar surface area (TPSA) is 55.4 Å². The van der Waals surface area contributed by atoms with E-state index in [-0.39, 0.29) is 5.41 Å². The molecule has 1 N–H and O–H groups in total. The van der Waals surface area contributed by atoms with E-state index in [2.05, 4.69) is 52.1 Å². The van der Waals surface area contributed by atoms with Gasteiger partial charge in [0.25, 0.3) is 11.8 Å². The van der Waals surface area contributed by atoms with Gasteiger partial charge < -0.3 is 4.74 Å². The highest BCUT2D eigenvalue weighted by molar-refractivity contribution is 6.08. The molecular formula is C31H41NO3. The number of amides is 2. The Bertz CT molecular complexity index is 1030. The van der Waals surface area contributed by atoms with Crippen LogP contribution in [0.1, 0.15) is 84.0 Å². The Labute approximate surface area is 211 Å². The zero-order valence-electron chi connectivity index (χ0n) is 22.2. The van der Waals surface area contributed by atoms with Gasteiger partial charge in [0.15, 0.2) is 0 Å². The molecule has 1 aromatic rings. The molecule has 4 heteroatoms. The van der Waals surface area contributed by atoms with E-state index >= 15 is 0 Å². The van der Waals surface area contributed by atoms with E-state index in [1.165, 1.54) is 36.5 Å². The fraction of sp³-hybridized carbons (Fsp3) is 0.419. The van der Waals surface area contributed by atoms with Gasteiger partial charge in [-0.25, -0.2) is 0 Å². The van der Waals surface area contributed by atoms with Crippen molar-refractivity contribution in [3.8, 4) is 5.75 Å². The molecule has 2 rings (SSSR count). The minimum Gasteiger partial charge on any atom is -0.494 e. The molecule has 4 nitrogen and oxygen atoms in total. The molecule has 0 unspecified atom stereocenters. The summed E-state index contributed by atoms with van der Waals surface area (Å²) >= 11 is 0. The molecule has 0 aliphatic heterocycles. The van der Waals surface area contributed by atoms with Gasteiger partial charge in [0, 0.05) is 11.6 Å². The number of benzene rings is 1. The van der Waals surface area contributed by atoms with E-state index in [0.29, 0.717) is 12.2 Å². The molecule has 0 heterocycles. The first kappa shape index (κ1) is 28.1. The first-order chi connectivity index (χ1) is 16.6. The van der Waals surface area contributed by atoms with Gasteiger partial charge in [-0.3, -0.25) is 14.9 Å². The molecule has 0 radical (unpaired) electrons. The lowest BCUT2D eigenvalue weighted by Gasteiger charge is -2.32. The van der Waals surface area contributed by atoms with Crippen LogP contribution < -0.4 is 10.1 Å². The molecule has 2 amide bonds. The van der Waals surface area contributed by atoms with Crippen LogP contribution in [0.4, 0.5) is 0 Å². The minimum atomic E-state index is -0.442. The minimum absolute atomic E-state index is 0.226. The maximum Gasteiger partial charge on any atom is 0.258 e. The predicted octanol–water partition coefficient (Wildman–Crippen LogP) is 7.65. The van der Waals surface area contributed by atoms with E-state index in [9.17, 15) is 9.59 Å². The summed E-state index contributed by atoms with van der Waals surface area (Å²) in [6, 6.07) is 6.81. The van der Waals surface area contributed by atoms with Gasteiger partial charge in [-0.15, -0.1) is 0 Å². The Kier molecular flexibility index (Phi) is 11.0. The Hall–Kier alpha value is -3.14. The molecule has 188 valence electrons. The summed E-state index contributed by atoms with van der Waals surface area (Å²) in [5.41, 5.74) is 5.46. The molecule has 1 aromatic carbocycles. The first-order valence-corrected chi connectivity index (χ1v) is 12.6. The number of rotatable bonds is 10. The average molecular weight is 476 g/mol. The summed E-state index contributed by atoms with van der Waals surface area (Å²) in [6.45, 7) is 13.5. The molecule has 0 saturated carbocycles. The lowest BCUT2D eigenvalue weighted by atomic mass is 9.72. The van der Waals surface area contributed by atoms with Crippen LogP contribution in [0.15, 0.2) is 83.0 Å². The van der Waals surface area contributed by atoms with Crippen molar-refractivity contribution >= 4 is 11.8 Å². The summed E-state index contributed by atoms with van der Waals surface area (Å²) in [7, 11) is 0. The molecule has 0 atom stereocenters. The maximum absolute atomic E-state index is 12.3. The van der Waals surface area contributed by atoms with E-state index in [1.807, 2.05) is 25.2 Å². The molecule has 0 fully saturated rings. The molecule has 1 aliphatic rings. The largest absolute Gasteiger partial charge is 0.494 e. The van der Waals surface area contributed by atoms with Gasteiger partial charge in [0.1, 0.15) is 5.75 Å². The first-order valence-electron chi connectivity index (χ1n) is 12.6. The lowest BCUT2D eigenvalue weighted by molar-refractivity contribution is -0.115. The summed E-state index contributed by atoms with van der Waals surface area (Å²) in [6.07, 6.45) is 17.3. The summed E-state index contributed by atoms with van der Waals surface area (Å²) in [5, 5.41) is 2.41. The van der Waals surface area contributed by atoms with Crippen LogP contribution in [0.2, 0.25) is 0 Å². The molecule has 1 aliphatic carbocycles. The SMILES string of the molecule is CCCCOc1ccc(C(=O)NC(=O)C=C(C)C=CC=C(C)C=CC2=C(C)CCCC2(C)C)cc1. The van der Waals surface area contributed by atoms with Gasteiger partial charge >= 0.3 is 0 Å². The highest BCUT2D eigenvalue weighted by atomic mass is 16.5. The smallest absolute Gasteiger partial charge is 0.258 e. The third-order valence-corrected chi connectivity index (χ3v) is 6.25. The summed E-state index contributed by atoms with van der Waals surface area (Å²) < 4.78 is 5.60. The van der Waals surface area contributed by atoms with Crippen molar-refractivity contribution in [2.24, 2.45) is 5.41 Å². The van der Waals surface area contributed by atoms with Crippen molar-refractivity contribution in [3.05, 3.63) is 88.6 Å². The van der Waals surface area contributed by atoms with Gasteiger partial charge in [-0.2, -0.15) is 0 Å². The van der Waals surface area contributed by atoms with E-state index in [1.54, 1.807) is 24.3 Å². The zero-order valence-corrected chi connectivity index (χ0v) is 22.2. The molecule has 0 aromatic heterocycles. The number of hydrogen-bond donors (Lipinski definition) is 1. The summed E-state index contributed by atoms with van der Waals surface area (Å²) in [4.78, 5) is 24.6. The standard InChI is InChI=1S/C31H41NO3/c1-7-8-21-35-27-17-15-26(16-18-27)30(34)32-29(33)22-24(3)12-9-11-23(2)14-19-28-25(4)13-10-20-31(28,5)6/h9,11-12,14-19,22H,7-8,10,13,20-21H2,1-6H3,(H,32,33,34). The Morgan fingerprint density at radius 1 is 1.09 bits per heavy atom. The van der Waals surface area contributed by atoms with Crippen LogP contribution in [0.5, 0.6) is 5.75 Å². The number of carbonyl (C=O) groups is 2. The van der Waals surface area contributed by atoms with E-state index in [4.69, 9.17) is 4.74 Å². The van der Waals surface area contributed by atoms with Gasteiger partial charge in [0.05, 0.1) is 6.61 Å². The molecule has 35 heavy (non-hydrogen) atoms. The third-order valence-electron chi connectivity index (χ3n) is 6.25. The van der Waals surface area contributed by atoms with Gasteiger partial charge in [0.2, 0.25) is 0 Å². The fourth-order valence-corrected chi connectivity index (χ4v) is 4.14. The highest BCUT2D eigenvalue weighted by Crippen LogP contribution is 2.40. The second-order valence-electron chi connectivity index (χ2n) is 9.97. The van der Waals surface area contributed by atoms with Crippen molar-refractivity contribution in [3.63, 3.8) is 0 Å². The highest BCUT2D eigenvalue weighted by Gasteiger charge is 2.26. The van der Waals surface area contributed by atoms with Crippen LogP contribution in [0.25, 0.3) is 0 Å². The van der Waals surface area contributed by atoms with Crippen LogP contribution in [0.3, 0.4) is 0 Å². The molecular weight excluding hydrogens is 434 g/mol. The lowest BCUT2D eigenvalue weighted by Crippen LogP contribution is -2.28.